The van der Waals surface area contributed by atoms with Crippen LogP contribution in [0.5, 0.6) is 5.75 Å². The molecule has 0 aliphatic heterocycles. The van der Waals surface area contributed by atoms with Crippen molar-refractivity contribution in [2.24, 2.45) is 0 Å². The summed E-state index contributed by atoms with van der Waals surface area (Å²) in [4.78, 5) is 17.7. The maximum atomic E-state index is 10.9. The third-order valence-electron chi connectivity index (χ3n) is 2.12. The zero-order valence-corrected chi connectivity index (χ0v) is 12.1. The highest BCUT2D eigenvalue weighted by Gasteiger charge is 2.17. The Hall–Kier alpha value is -1.68. The molecule has 0 saturated heterocycles. The van der Waals surface area contributed by atoms with Crippen molar-refractivity contribution < 1.29 is 7.99 Å². The summed E-state index contributed by atoms with van der Waals surface area (Å²) in [6.45, 7) is 0. The maximum absolute atomic E-state index is 10.9. The topological polar surface area (TPSA) is 90.2 Å². The predicted molar refractivity (Wildman–Crippen MR) is 78.1 cm³/mol. The van der Waals surface area contributed by atoms with Crippen LogP contribution in [0.2, 0.25) is 5.28 Å². The summed E-state index contributed by atoms with van der Waals surface area (Å²) in [5.41, 5.74) is 0.331. The van der Waals surface area contributed by atoms with Gasteiger partial charge in [-0.2, -0.15) is 4.98 Å². The Balaban J connectivity index is 2.36. The van der Waals surface area contributed by atoms with Crippen molar-refractivity contribution in [1.29, 1.82) is 0 Å². The molecule has 0 bridgehead atoms. The number of nitrogens with zero attached hydrogens (tertiary/aromatic N) is 3. The summed E-state index contributed by atoms with van der Waals surface area (Å²) in [5.74, 6) is 0.629. The lowest BCUT2D eigenvalue weighted by atomic mass is 10.3. The minimum Gasteiger partial charge on any atom is -0.428 e. The van der Waals surface area contributed by atoms with E-state index >= 15 is 0 Å². The van der Waals surface area contributed by atoms with E-state index in [4.69, 9.17) is 14.7 Å². The SMILES string of the molecule is O=[N+]([O-])c1cnc(Cl)nc1Nc1cccc(OI)c1. The summed E-state index contributed by atoms with van der Waals surface area (Å²) in [5, 5.41) is 13.6. The van der Waals surface area contributed by atoms with Gasteiger partial charge in [-0.15, -0.1) is 0 Å². The third kappa shape index (κ3) is 3.41. The molecule has 0 fully saturated rings. The normalized spacial score (nSPS) is 10.0. The van der Waals surface area contributed by atoms with Crippen LogP contribution < -0.4 is 8.38 Å². The van der Waals surface area contributed by atoms with Gasteiger partial charge in [0, 0.05) is 11.8 Å². The monoisotopic (exact) mass is 392 g/mol. The lowest BCUT2D eigenvalue weighted by Crippen LogP contribution is -2.01. The summed E-state index contributed by atoms with van der Waals surface area (Å²) >= 11 is 7.38. The highest BCUT2D eigenvalue weighted by atomic mass is 127. The standard InChI is InChI=1S/C10H6ClIN4O3/c11-10-13-5-8(16(17)18)9(15-10)14-6-2-1-3-7(4-6)19-12/h1-5H,(H,13,14,15). The molecule has 0 amide bonds. The van der Waals surface area contributed by atoms with Gasteiger partial charge in [-0.1, -0.05) is 6.07 Å². The fourth-order valence-corrected chi connectivity index (χ4v) is 1.75. The molecular formula is C10H6ClIN4O3. The van der Waals surface area contributed by atoms with Gasteiger partial charge in [-0.3, -0.25) is 10.1 Å². The van der Waals surface area contributed by atoms with Crippen LogP contribution in [0.25, 0.3) is 0 Å². The van der Waals surface area contributed by atoms with Crippen molar-refractivity contribution in [3.05, 3.63) is 45.9 Å². The van der Waals surface area contributed by atoms with Gasteiger partial charge in [0.25, 0.3) is 0 Å². The van der Waals surface area contributed by atoms with Gasteiger partial charge in [0.1, 0.15) is 11.9 Å². The molecule has 0 spiro atoms. The number of rotatable bonds is 4. The van der Waals surface area contributed by atoms with E-state index in [1.807, 2.05) is 0 Å². The largest absolute Gasteiger partial charge is 0.428 e. The van der Waals surface area contributed by atoms with Crippen molar-refractivity contribution in [2.45, 2.75) is 0 Å². The van der Waals surface area contributed by atoms with Gasteiger partial charge in [0.15, 0.2) is 23.0 Å². The van der Waals surface area contributed by atoms with E-state index in [0.29, 0.717) is 11.4 Å². The van der Waals surface area contributed by atoms with Crippen LogP contribution in [-0.2, 0) is 0 Å². The minimum atomic E-state index is -0.586. The average molecular weight is 393 g/mol. The molecule has 2 aromatic rings. The summed E-state index contributed by atoms with van der Waals surface area (Å²) in [7, 11) is 0. The first-order valence-corrected chi connectivity index (χ1v) is 6.18. The van der Waals surface area contributed by atoms with Crippen molar-refractivity contribution in [1.82, 2.24) is 9.97 Å². The zero-order valence-electron chi connectivity index (χ0n) is 9.21. The van der Waals surface area contributed by atoms with Crippen LogP contribution in [0, 0.1) is 10.1 Å². The molecule has 0 unspecified atom stereocenters. The van der Waals surface area contributed by atoms with Gasteiger partial charge in [-0.25, -0.2) is 4.98 Å². The molecule has 0 aliphatic rings. The number of nitro groups is 1. The third-order valence-corrected chi connectivity index (χ3v) is 2.81. The molecule has 1 aromatic heterocycles. The van der Waals surface area contributed by atoms with E-state index < -0.39 is 4.92 Å². The number of benzene rings is 1. The Morgan fingerprint density at radius 3 is 2.95 bits per heavy atom. The fourth-order valence-electron chi connectivity index (χ4n) is 1.34. The molecule has 0 atom stereocenters. The molecule has 98 valence electrons. The summed E-state index contributed by atoms with van der Waals surface area (Å²) in [6, 6.07) is 6.88. The smallest absolute Gasteiger partial charge is 0.329 e. The number of hydrogen-bond acceptors (Lipinski definition) is 6. The molecular weight excluding hydrogens is 386 g/mol. The van der Waals surface area contributed by atoms with Crippen LogP contribution in [-0.4, -0.2) is 14.9 Å². The zero-order chi connectivity index (χ0) is 13.8. The Kier molecular flexibility index (Phi) is 4.32. The first kappa shape index (κ1) is 13.7. The Morgan fingerprint density at radius 2 is 2.26 bits per heavy atom. The number of anilines is 2. The van der Waals surface area contributed by atoms with Crippen LogP contribution in [0.4, 0.5) is 17.2 Å². The highest BCUT2D eigenvalue weighted by Crippen LogP contribution is 2.27. The van der Waals surface area contributed by atoms with Gasteiger partial charge in [-0.05, 0) is 23.7 Å². The second kappa shape index (κ2) is 5.97. The summed E-state index contributed by atoms with van der Waals surface area (Å²) < 4.78 is 5.03. The van der Waals surface area contributed by atoms with Crippen molar-refractivity contribution >= 4 is 51.8 Å². The van der Waals surface area contributed by atoms with E-state index in [0.717, 1.165) is 6.20 Å². The number of nitrogens with one attached hydrogen (secondary N) is 1. The Bertz CT molecular complexity index is 625. The van der Waals surface area contributed by atoms with Gasteiger partial charge in [0.05, 0.1) is 4.92 Å². The van der Waals surface area contributed by atoms with E-state index in [-0.39, 0.29) is 16.8 Å². The Labute approximate surface area is 126 Å². The molecule has 2 rings (SSSR count). The van der Waals surface area contributed by atoms with Gasteiger partial charge < -0.3 is 8.38 Å². The van der Waals surface area contributed by atoms with Gasteiger partial charge >= 0.3 is 5.69 Å². The minimum absolute atomic E-state index is 0.0237. The van der Waals surface area contributed by atoms with E-state index in [2.05, 4.69) is 15.3 Å². The van der Waals surface area contributed by atoms with Crippen molar-refractivity contribution in [3.63, 3.8) is 0 Å². The Morgan fingerprint density at radius 1 is 1.47 bits per heavy atom. The molecule has 0 saturated carbocycles. The molecule has 7 nitrogen and oxygen atoms in total. The molecule has 0 aliphatic carbocycles. The summed E-state index contributed by atoms with van der Waals surface area (Å²) in [6.07, 6.45) is 1.05. The van der Waals surface area contributed by atoms with Crippen LogP contribution in [0.15, 0.2) is 30.5 Å². The van der Waals surface area contributed by atoms with Crippen LogP contribution in [0.1, 0.15) is 0 Å². The van der Waals surface area contributed by atoms with E-state index in [1.54, 1.807) is 47.3 Å². The van der Waals surface area contributed by atoms with E-state index in [1.165, 1.54) is 0 Å². The molecule has 0 radical (unpaired) electrons. The molecule has 1 aromatic carbocycles. The first-order chi connectivity index (χ1) is 9.10. The van der Waals surface area contributed by atoms with E-state index in [9.17, 15) is 10.1 Å². The van der Waals surface area contributed by atoms with Crippen LogP contribution in [0.3, 0.4) is 0 Å². The molecule has 19 heavy (non-hydrogen) atoms. The lowest BCUT2D eigenvalue weighted by molar-refractivity contribution is -0.384. The maximum Gasteiger partial charge on any atom is 0.329 e. The number of halogens is 2. The lowest BCUT2D eigenvalue weighted by Gasteiger charge is -2.07. The van der Waals surface area contributed by atoms with Crippen LogP contribution >= 0.6 is 34.6 Å². The number of aromatic nitrogens is 2. The highest BCUT2D eigenvalue weighted by molar-refractivity contribution is 14.1. The van der Waals surface area contributed by atoms with Crippen molar-refractivity contribution in [2.75, 3.05) is 5.32 Å². The fraction of sp³-hybridized carbons (Fsp3) is 0. The quantitative estimate of drug-likeness (QED) is 0.371. The first-order valence-electron chi connectivity index (χ1n) is 4.93. The molecule has 9 heteroatoms. The van der Waals surface area contributed by atoms with Gasteiger partial charge in [0.2, 0.25) is 11.1 Å². The second-order valence-electron chi connectivity index (χ2n) is 3.36. The predicted octanol–water partition coefficient (Wildman–Crippen LogP) is 3.51. The second-order valence-corrected chi connectivity index (χ2v) is 4.14. The molecule has 1 N–H and O–H groups in total. The van der Waals surface area contributed by atoms with Crippen molar-refractivity contribution in [3.8, 4) is 5.75 Å². The molecule has 1 heterocycles. The average Bonchev–Trinajstić information content (AvgIpc) is 2.38. The number of hydrogen-bond donors (Lipinski definition) is 1.